The molecule has 0 spiro atoms. The molecule has 138 valence electrons. The van der Waals surface area contributed by atoms with Crippen molar-refractivity contribution in [2.75, 3.05) is 0 Å². The number of carboxylic acids is 1. The Kier molecular flexibility index (Phi) is 6.21. The monoisotopic (exact) mass is 367 g/mol. The molecule has 2 N–H and O–H groups in total. The maximum atomic E-state index is 12.6. The van der Waals surface area contributed by atoms with Crippen LogP contribution in [0.15, 0.2) is 54.6 Å². The van der Waals surface area contributed by atoms with Crippen molar-refractivity contribution in [2.24, 2.45) is 0 Å². The van der Waals surface area contributed by atoms with E-state index in [0.717, 1.165) is 29.8 Å². The molecule has 0 aliphatic heterocycles. The second kappa shape index (κ2) is 8.37. The van der Waals surface area contributed by atoms with Crippen LogP contribution < -0.4 is 5.32 Å². The van der Waals surface area contributed by atoms with E-state index in [0.29, 0.717) is 0 Å². The van der Waals surface area contributed by atoms with Crippen molar-refractivity contribution in [2.45, 2.75) is 25.2 Å². The van der Waals surface area contributed by atoms with Crippen LogP contribution in [0.3, 0.4) is 0 Å². The molecule has 0 aliphatic rings. The molecule has 8 heteroatoms. The van der Waals surface area contributed by atoms with Crippen molar-refractivity contribution in [3.63, 3.8) is 0 Å². The van der Waals surface area contributed by atoms with Crippen LogP contribution in [0.25, 0.3) is 0 Å². The summed E-state index contributed by atoms with van der Waals surface area (Å²) in [6.07, 6.45) is -5.85. The number of amides is 1. The number of rotatable bonds is 6. The van der Waals surface area contributed by atoms with Gasteiger partial charge in [0.25, 0.3) is 0 Å². The summed E-state index contributed by atoms with van der Waals surface area (Å²) >= 11 is 0. The summed E-state index contributed by atoms with van der Waals surface area (Å²) in [5.41, 5.74) is 0.117. The number of halogens is 3. The van der Waals surface area contributed by atoms with E-state index in [1.165, 1.54) is 0 Å². The van der Waals surface area contributed by atoms with Gasteiger partial charge in [-0.05, 0) is 23.3 Å². The predicted octanol–water partition coefficient (Wildman–Crippen LogP) is 4.15. The Bertz CT molecular complexity index is 745. The van der Waals surface area contributed by atoms with Gasteiger partial charge in [0.05, 0.1) is 18.0 Å². The molecule has 0 aliphatic carbocycles. The molecule has 26 heavy (non-hydrogen) atoms. The summed E-state index contributed by atoms with van der Waals surface area (Å²) in [6.45, 7) is -0.0144. The number of aliphatic carboxylic acids is 1. The Morgan fingerprint density at radius 1 is 1.04 bits per heavy atom. The van der Waals surface area contributed by atoms with Crippen molar-refractivity contribution in [3.8, 4) is 0 Å². The molecule has 2 rings (SSSR count). The molecule has 0 aromatic heterocycles. The molecule has 0 radical (unpaired) electrons. The first-order chi connectivity index (χ1) is 12.3. The van der Waals surface area contributed by atoms with Gasteiger partial charge in [-0.3, -0.25) is 4.79 Å². The highest BCUT2D eigenvalue weighted by Crippen LogP contribution is 2.30. The molecular formula is C18H16F3NO4. The van der Waals surface area contributed by atoms with Gasteiger partial charge in [-0.2, -0.15) is 13.2 Å². The maximum absolute atomic E-state index is 12.6. The van der Waals surface area contributed by atoms with Crippen LogP contribution in [-0.4, -0.2) is 17.2 Å². The quantitative estimate of drug-likeness (QED) is 0.804. The molecule has 1 amide bonds. The number of carbonyl (C=O) groups is 2. The maximum Gasteiger partial charge on any atom is 0.416 e. The molecule has 0 saturated carbocycles. The number of carboxylic acid groups (broad SMARTS) is 1. The summed E-state index contributed by atoms with van der Waals surface area (Å²) in [6, 6.07) is 11.8. The highest BCUT2D eigenvalue weighted by atomic mass is 19.4. The Morgan fingerprint density at radius 3 is 2.19 bits per heavy atom. The van der Waals surface area contributed by atoms with E-state index < -0.39 is 36.3 Å². The van der Waals surface area contributed by atoms with Gasteiger partial charge in [0, 0.05) is 0 Å². The predicted molar refractivity (Wildman–Crippen MR) is 86.2 cm³/mol. The third-order valence-electron chi connectivity index (χ3n) is 3.52. The lowest BCUT2D eigenvalue weighted by Gasteiger charge is -2.18. The number of hydrogen-bond donors (Lipinski definition) is 2. The number of nitrogens with one attached hydrogen (secondary N) is 1. The molecule has 0 saturated heterocycles. The third-order valence-corrected chi connectivity index (χ3v) is 3.52. The summed E-state index contributed by atoms with van der Waals surface area (Å²) in [5.74, 6) is -1.21. The lowest BCUT2D eigenvalue weighted by atomic mass is 10.0. The van der Waals surface area contributed by atoms with Crippen molar-refractivity contribution in [1.82, 2.24) is 5.32 Å². The Labute approximate surface area is 147 Å². The van der Waals surface area contributed by atoms with E-state index in [2.05, 4.69) is 5.32 Å². The van der Waals surface area contributed by atoms with E-state index in [-0.39, 0.29) is 12.2 Å². The van der Waals surface area contributed by atoms with Gasteiger partial charge >= 0.3 is 18.2 Å². The normalized spacial score (nSPS) is 12.3. The highest BCUT2D eigenvalue weighted by molar-refractivity contribution is 5.72. The van der Waals surface area contributed by atoms with E-state index in [1.807, 2.05) is 0 Å². The standard InChI is InChI=1S/C18H16F3NO4/c19-18(20,21)14-8-6-13(7-9-14)15(10-16(23)24)22-17(25)26-11-12-4-2-1-3-5-12/h1-9,15H,10-11H2,(H,22,25)(H,23,24). The van der Waals surface area contributed by atoms with Crippen LogP contribution in [0, 0.1) is 0 Å². The molecule has 0 heterocycles. The molecule has 0 bridgehead atoms. The van der Waals surface area contributed by atoms with Gasteiger partial charge in [0.2, 0.25) is 0 Å². The number of benzene rings is 2. The molecule has 1 atom stereocenters. The number of alkyl carbamates (subject to hydrolysis) is 1. The minimum Gasteiger partial charge on any atom is -0.481 e. The third kappa shape index (κ3) is 5.80. The van der Waals surface area contributed by atoms with Crippen LogP contribution in [-0.2, 0) is 22.3 Å². The molecule has 5 nitrogen and oxygen atoms in total. The molecule has 0 fully saturated rings. The number of carbonyl (C=O) groups excluding carboxylic acids is 1. The van der Waals surface area contributed by atoms with E-state index in [4.69, 9.17) is 9.84 Å². The second-order valence-corrected chi connectivity index (χ2v) is 5.48. The van der Waals surface area contributed by atoms with Crippen LogP contribution in [0.4, 0.5) is 18.0 Å². The fourth-order valence-electron chi connectivity index (χ4n) is 2.24. The van der Waals surface area contributed by atoms with Crippen LogP contribution in [0.2, 0.25) is 0 Å². The average molecular weight is 367 g/mol. The van der Waals surface area contributed by atoms with Gasteiger partial charge in [-0.25, -0.2) is 4.79 Å². The Morgan fingerprint density at radius 2 is 1.65 bits per heavy atom. The fourth-order valence-corrected chi connectivity index (χ4v) is 2.24. The number of alkyl halides is 3. The van der Waals surface area contributed by atoms with Gasteiger partial charge in [0.15, 0.2) is 0 Å². The SMILES string of the molecule is O=C(O)CC(NC(=O)OCc1ccccc1)c1ccc(C(F)(F)F)cc1. The van der Waals surface area contributed by atoms with E-state index in [1.54, 1.807) is 30.3 Å². The van der Waals surface area contributed by atoms with Crippen LogP contribution in [0.1, 0.15) is 29.2 Å². The van der Waals surface area contributed by atoms with Gasteiger partial charge in [0.1, 0.15) is 6.61 Å². The minimum atomic E-state index is -4.50. The fraction of sp³-hybridized carbons (Fsp3) is 0.222. The zero-order valence-electron chi connectivity index (χ0n) is 13.5. The largest absolute Gasteiger partial charge is 0.481 e. The van der Waals surface area contributed by atoms with Gasteiger partial charge in [-0.1, -0.05) is 42.5 Å². The minimum absolute atomic E-state index is 0.0144. The van der Waals surface area contributed by atoms with E-state index in [9.17, 15) is 22.8 Å². The van der Waals surface area contributed by atoms with Crippen molar-refractivity contribution >= 4 is 12.1 Å². The van der Waals surface area contributed by atoms with Crippen molar-refractivity contribution in [1.29, 1.82) is 0 Å². The average Bonchev–Trinajstić information content (AvgIpc) is 2.59. The highest BCUT2D eigenvalue weighted by Gasteiger charge is 2.30. The first kappa shape index (κ1) is 19.3. The van der Waals surface area contributed by atoms with Crippen molar-refractivity contribution < 1.29 is 32.6 Å². The van der Waals surface area contributed by atoms with Crippen molar-refractivity contribution in [3.05, 3.63) is 71.3 Å². The second-order valence-electron chi connectivity index (χ2n) is 5.48. The summed E-state index contributed by atoms with van der Waals surface area (Å²) in [5, 5.41) is 11.3. The van der Waals surface area contributed by atoms with Crippen LogP contribution in [0.5, 0.6) is 0 Å². The summed E-state index contributed by atoms with van der Waals surface area (Å²) < 4.78 is 42.9. The van der Waals surface area contributed by atoms with Crippen LogP contribution >= 0.6 is 0 Å². The van der Waals surface area contributed by atoms with Gasteiger partial charge in [-0.15, -0.1) is 0 Å². The first-order valence-corrected chi connectivity index (χ1v) is 7.62. The molecule has 2 aromatic carbocycles. The zero-order valence-corrected chi connectivity index (χ0v) is 13.5. The lowest BCUT2D eigenvalue weighted by Crippen LogP contribution is -2.30. The summed E-state index contributed by atoms with van der Waals surface area (Å²) in [7, 11) is 0. The smallest absolute Gasteiger partial charge is 0.416 e. The molecular weight excluding hydrogens is 351 g/mol. The molecule has 1 unspecified atom stereocenters. The lowest BCUT2D eigenvalue weighted by molar-refractivity contribution is -0.138. The topological polar surface area (TPSA) is 75.6 Å². The molecule has 2 aromatic rings. The summed E-state index contributed by atoms with van der Waals surface area (Å²) in [4.78, 5) is 22.9. The first-order valence-electron chi connectivity index (χ1n) is 7.62. The number of hydrogen-bond acceptors (Lipinski definition) is 3. The van der Waals surface area contributed by atoms with Gasteiger partial charge < -0.3 is 15.2 Å². The zero-order chi connectivity index (χ0) is 19.2. The Hall–Kier alpha value is -3.03. The van der Waals surface area contributed by atoms with E-state index >= 15 is 0 Å². The number of ether oxygens (including phenoxy) is 1. The Balaban J connectivity index is 2.04.